The lowest BCUT2D eigenvalue weighted by atomic mass is 10.0. The average molecular weight is 708 g/mol. The Bertz CT molecular complexity index is 2210. The van der Waals surface area contributed by atoms with E-state index in [2.05, 4.69) is 20.2 Å². The van der Waals surface area contributed by atoms with Crippen LogP contribution in [0, 0.1) is 5.95 Å². The number of rotatable bonds is 9. The van der Waals surface area contributed by atoms with E-state index in [1.807, 2.05) is 6.07 Å². The first-order valence-corrected chi connectivity index (χ1v) is 16.7. The van der Waals surface area contributed by atoms with Gasteiger partial charge in [0.1, 0.15) is 13.3 Å². The van der Waals surface area contributed by atoms with E-state index in [9.17, 15) is 31.7 Å². The first-order chi connectivity index (χ1) is 22.7. The van der Waals surface area contributed by atoms with E-state index in [0.717, 1.165) is 31.7 Å². The molecular formula is C31H34F4N7O6P. The Balaban J connectivity index is 1.34. The third kappa shape index (κ3) is 7.69. The maximum Gasteiger partial charge on any atom is 0.477 e. The molecule has 1 aliphatic carbocycles. The zero-order chi connectivity index (χ0) is 35.7. The van der Waals surface area contributed by atoms with Crippen molar-refractivity contribution < 1.29 is 35.7 Å². The van der Waals surface area contributed by atoms with Crippen molar-refractivity contribution >= 4 is 24.4 Å². The number of imidazole rings is 1. The fourth-order valence-electron chi connectivity index (χ4n) is 5.55. The first kappa shape index (κ1) is 34.7. The molecule has 4 heterocycles. The summed E-state index contributed by atoms with van der Waals surface area (Å²) in [7, 11) is -4.24. The summed E-state index contributed by atoms with van der Waals surface area (Å²) in [6.45, 7) is 8.04. The van der Waals surface area contributed by atoms with Gasteiger partial charge in [0.2, 0.25) is 5.95 Å². The number of hydrogen-bond acceptors (Lipinski definition) is 9. The van der Waals surface area contributed by atoms with Gasteiger partial charge in [0.05, 0.1) is 40.4 Å². The average Bonchev–Trinajstić information content (AvgIpc) is 3.53. The van der Waals surface area contributed by atoms with Crippen LogP contribution in [-0.2, 0) is 31.4 Å². The molecule has 18 heteroatoms. The summed E-state index contributed by atoms with van der Waals surface area (Å²) in [5, 5.41) is 8.71. The fraction of sp³-hybridized carbons (Fsp3) is 0.452. The van der Waals surface area contributed by atoms with Crippen molar-refractivity contribution in [3.05, 3.63) is 80.8 Å². The number of benzene rings is 1. The second kappa shape index (κ2) is 12.0. The number of aromatic amines is 1. The highest BCUT2D eigenvalue weighted by atomic mass is 31.2. The van der Waals surface area contributed by atoms with Gasteiger partial charge in [-0.1, -0.05) is 12.1 Å². The van der Waals surface area contributed by atoms with Crippen LogP contribution in [0.1, 0.15) is 70.9 Å². The first-order valence-electron chi connectivity index (χ1n) is 15.3. The van der Waals surface area contributed by atoms with Crippen molar-refractivity contribution in [3.8, 4) is 11.3 Å². The van der Waals surface area contributed by atoms with Gasteiger partial charge in [-0.05, 0) is 77.5 Å². The number of halogens is 4. The Hall–Kier alpha value is -4.18. The molecular weight excluding hydrogens is 673 g/mol. The van der Waals surface area contributed by atoms with Gasteiger partial charge in [-0.25, -0.2) is 14.3 Å². The van der Waals surface area contributed by atoms with Gasteiger partial charge < -0.3 is 0 Å². The van der Waals surface area contributed by atoms with Gasteiger partial charge in [-0.2, -0.15) is 32.3 Å². The standard InChI is InChI=1S/C31H34F4N7O6P/c1-29(2,3)47-49(45,48-30(4,5)6)46-16-40-14-22(27(43)38-28(40)44)23-11-21(26-36-13-25(32)42(26)39-23)20-10-19(20)17-7-8-18-12-37-41(24(18)9-17)15-31(33,34)35/h7-9,11-14,19-20H,10,15-16H2,1-6H3,(H,38,43,44)/t19-,20?/m0/s1. The largest absolute Gasteiger partial charge is 0.477 e. The van der Waals surface area contributed by atoms with Crippen LogP contribution >= 0.6 is 7.82 Å². The minimum Gasteiger partial charge on any atom is -0.281 e. The molecule has 1 fully saturated rings. The summed E-state index contributed by atoms with van der Waals surface area (Å²) in [6, 6.07) is 6.74. The molecule has 13 nitrogen and oxygen atoms in total. The molecule has 1 aromatic carbocycles. The highest BCUT2D eigenvalue weighted by Crippen LogP contribution is 2.57. The number of phosphoric acid groups is 1. The summed E-state index contributed by atoms with van der Waals surface area (Å²) in [5.74, 6) is -1.20. The van der Waals surface area contributed by atoms with Gasteiger partial charge in [-0.3, -0.25) is 32.6 Å². The van der Waals surface area contributed by atoms with Crippen molar-refractivity contribution in [2.24, 2.45) is 0 Å². The molecule has 0 aliphatic heterocycles. The fourth-order valence-corrected chi connectivity index (χ4v) is 7.30. The van der Waals surface area contributed by atoms with E-state index in [1.54, 1.807) is 59.7 Å². The van der Waals surface area contributed by atoms with E-state index in [1.165, 1.54) is 6.20 Å². The van der Waals surface area contributed by atoms with Crippen LogP contribution in [0.2, 0.25) is 0 Å². The molecule has 0 amide bonds. The molecule has 6 rings (SSSR count). The third-order valence-electron chi connectivity index (χ3n) is 7.48. The van der Waals surface area contributed by atoms with Crippen molar-refractivity contribution in [2.45, 2.75) is 90.5 Å². The van der Waals surface area contributed by atoms with Crippen LogP contribution in [-0.4, -0.2) is 51.3 Å². The summed E-state index contributed by atoms with van der Waals surface area (Å²) in [6.07, 6.45) is -0.389. The molecule has 49 heavy (non-hydrogen) atoms. The zero-order valence-electron chi connectivity index (χ0n) is 27.4. The van der Waals surface area contributed by atoms with E-state index in [4.69, 9.17) is 13.6 Å². The van der Waals surface area contributed by atoms with E-state index in [0.29, 0.717) is 22.9 Å². The molecule has 0 radical (unpaired) electrons. The zero-order valence-corrected chi connectivity index (χ0v) is 28.3. The number of phosphoric ester groups is 1. The highest BCUT2D eigenvalue weighted by molar-refractivity contribution is 7.48. The normalized spacial score (nSPS) is 17.3. The van der Waals surface area contributed by atoms with Crippen LogP contribution in [0.5, 0.6) is 0 Å². The van der Waals surface area contributed by atoms with Gasteiger partial charge in [0, 0.05) is 17.1 Å². The minimum atomic E-state index is -4.45. The SMILES string of the molecule is CC(C)(C)OP(=O)(OCn1cc(-c2cc(C3C[C@H]3c3ccc4cnn(CC(F)(F)F)c4c3)c3ncc(F)n3n2)c(=O)[nH]c1=O)OC(C)(C)C. The van der Waals surface area contributed by atoms with Crippen LogP contribution in [0.3, 0.4) is 0 Å². The molecule has 0 saturated heterocycles. The molecule has 2 atom stereocenters. The molecule has 0 bridgehead atoms. The van der Waals surface area contributed by atoms with Crippen LogP contribution in [0.25, 0.3) is 27.8 Å². The molecule has 262 valence electrons. The predicted molar refractivity (Wildman–Crippen MR) is 170 cm³/mol. The lowest BCUT2D eigenvalue weighted by Crippen LogP contribution is -2.32. The number of fused-ring (bicyclic) bond motifs is 2. The molecule has 1 unspecified atom stereocenters. The monoisotopic (exact) mass is 707 g/mol. The second-order valence-corrected chi connectivity index (χ2v) is 15.4. The van der Waals surface area contributed by atoms with E-state index >= 15 is 0 Å². The van der Waals surface area contributed by atoms with Crippen LogP contribution in [0.15, 0.2) is 52.4 Å². The van der Waals surface area contributed by atoms with Crippen LogP contribution in [0.4, 0.5) is 17.6 Å². The molecule has 1 aliphatic rings. The highest BCUT2D eigenvalue weighted by Gasteiger charge is 2.42. The van der Waals surface area contributed by atoms with Gasteiger partial charge in [0.15, 0.2) is 5.65 Å². The summed E-state index contributed by atoms with van der Waals surface area (Å²) >= 11 is 0. The quantitative estimate of drug-likeness (QED) is 0.138. The van der Waals surface area contributed by atoms with Crippen molar-refractivity contribution in [3.63, 3.8) is 0 Å². The van der Waals surface area contributed by atoms with E-state index in [-0.39, 0.29) is 28.7 Å². The molecule has 4 aromatic heterocycles. The number of hydrogen-bond donors (Lipinski definition) is 1. The summed E-state index contributed by atoms with van der Waals surface area (Å²) in [4.78, 5) is 32.2. The maximum absolute atomic E-state index is 14.9. The maximum atomic E-state index is 14.9. The molecule has 5 aromatic rings. The number of aromatic nitrogens is 7. The third-order valence-corrected chi connectivity index (χ3v) is 9.46. The smallest absolute Gasteiger partial charge is 0.281 e. The van der Waals surface area contributed by atoms with Gasteiger partial charge >= 0.3 is 19.7 Å². The summed E-state index contributed by atoms with van der Waals surface area (Å²) in [5.41, 5.74) is -1.90. The molecule has 0 spiro atoms. The Morgan fingerprint density at radius 3 is 2.35 bits per heavy atom. The molecule has 1 N–H and O–H groups in total. The number of alkyl halides is 3. The lowest BCUT2D eigenvalue weighted by molar-refractivity contribution is -0.141. The van der Waals surface area contributed by atoms with Gasteiger partial charge in [-0.15, -0.1) is 0 Å². The minimum absolute atomic E-state index is 0.00109. The summed E-state index contributed by atoms with van der Waals surface area (Å²) < 4.78 is 87.4. The Kier molecular flexibility index (Phi) is 8.49. The topological polar surface area (TPSA) is 148 Å². The lowest BCUT2D eigenvalue weighted by Gasteiger charge is -2.30. The Labute approximate surface area is 276 Å². The second-order valence-electron chi connectivity index (χ2n) is 13.9. The Morgan fingerprint density at radius 1 is 1.00 bits per heavy atom. The predicted octanol–water partition coefficient (Wildman–Crippen LogP) is 6.28. The number of H-pyrrole nitrogens is 1. The number of nitrogens with zero attached hydrogens (tertiary/aromatic N) is 6. The van der Waals surface area contributed by atoms with Crippen LogP contribution < -0.4 is 11.2 Å². The molecule has 1 saturated carbocycles. The van der Waals surface area contributed by atoms with Crippen molar-refractivity contribution in [1.29, 1.82) is 0 Å². The number of nitrogens with one attached hydrogen (secondary N) is 1. The van der Waals surface area contributed by atoms with Crippen molar-refractivity contribution in [1.82, 2.24) is 33.9 Å². The van der Waals surface area contributed by atoms with E-state index < -0.39 is 55.7 Å². The Morgan fingerprint density at radius 2 is 1.69 bits per heavy atom. The van der Waals surface area contributed by atoms with Crippen molar-refractivity contribution in [2.75, 3.05) is 0 Å². The van der Waals surface area contributed by atoms with Gasteiger partial charge in [0.25, 0.3) is 5.56 Å².